The summed E-state index contributed by atoms with van der Waals surface area (Å²) in [6.07, 6.45) is 7.60. The average molecular weight is 311 g/mol. The summed E-state index contributed by atoms with van der Waals surface area (Å²) in [5, 5.41) is 4.84. The highest BCUT2D eigenvalue weighted by atomic mass is 32.2. The van der Waals surface area contributed by atoms with Crippen LogP contribution < -0.4 is 5.32 Å². The molecule has 4 nitrogen and oxygen atoms in total. The summed E-state index contributed by atoms with van der Waals surface area (Å²) in [7, 11) is 0. The van der Waals surface area contributed by atoms with Gasteiger partial charge in [0.15, 0.2) is 5.17 Å². The Bertz CT molecular complexity index is 369. The molecule has 0 radical (unpaired) electrons. The average Bonchev–Trinajstić information content (AvgIpc) is 2.89. The Balaban J connectivity index is 1.38. The number of likely N-dealkylation sites (tertiary alicyclic amines) is 1. The highest BCUT2D eigenvalue weighted by Gasteiger charge is 2.38. The molecular formula is C16H29N3OS. The first kappa shape index (κ1) is 15.6. The van der Waals surface area contributed by atoms with Crippen LogP contribution in [0.25, 0.3) is 0 Å². The molecule has 0 aromatic carbocycles. The van der Waals surface area contributed by atoms with Crippen molar-refractivity contribution in [2.24, 2.45) is 4.99 Å². The molecule has 3 saturated heterocycles. The number of aliphatic imine (C=N–C) groups is 1. The zero-order chi connectivity index (χ0) is 14.5. The standard InChI is InChI=1S/C16H29N3OS/c1-14-5-2-3-9-19(14)10-4-8-17-15-18-16(13-21-15)6-11-20-12-7-16/h14H,2-13H2,1H3,(H,17,18). The Hall–Kier alpha value is -0.260. The fourth-order valence-electron chi connectivity index (χ4n) is 3.57. The number of amidine groups is 1. The molecule has 0 aromatic heterocycles. The lowest BCUT2D eigenvalue weighted by molar-refractivity contribution is 0.0555. The lowest BCUT2D eigenvalue weighted by Gasteiger charge is -2.33. The largest absolute Gasteiger partial charge is 0.381 e. The van der Waals surface area contributed by atoms with Gasteiger partial charge in [-0.05, 0) is 45.6 Å². The molecule has 1 atom stereocenters. The van der Waals surface area contributed by atoms with Crippen molar-refractivity contribution in [3.8, 4) is 0 Å². The third kappa shape index (κ3) is 4.14. The van der Waals surface area contributed by atoms with Crippen molar-refractivity contribution < 1.29 is 4.74 Å². The van der Waals surface area contributed by atoms with Crippen LogP contribution in [0.2, 0.25) is 0 Å². The molecule has 1 unspecified atom stereocenters. The monoisotopic (exact) mass is 311 g/mol. The van der Waals surface area contributed by atoms with Gasteiger partial charge in [-0.3, -0.25) is 4.99 Å². The molecule has 3 rings (SSSR count). The minimum absolute atomic E-state index is 0.281. The predicted octanol–water partition coefficient (Wildman–Crippen LogP) is 2.49. The van der Waals surface area contributed by atoms with E-state index in [-0.39, 0.29) is 5.54 Å². The first-order valence-corrected chi connectivity index (χ1v) is 9.53. The van der Waals surface area contributed by atoms with E-state index in [1.807, 2.05) is 11.8 Å². The molecule has 21 heavy (non-hydrogen) atoms. The maximum absolute atomic E-state index is 5.47. The quantitative estimate of drug-likeness (QED) is 0.809. The van der Waals surface area contributed by atoms with Crippen molar-refractivity contribution in [2.75, 3.05) is 38.6 Å². The topological polar surface area (TPSA) is 36.9 Å². The highest BCUT2D eigenvalue weighted by molar-refractivity contribution is 8.14. The smallest absolute Gasteiger partial charge is 0.157 e. The van der Waals surface area contributed by atoms with Crippen LogP contribution >= 0.6 is 11.8 Å². The van der Waals surface area contributed by atoms with Gasteiger partial charge < -0.3 is 15.0 Å². The van der Waals surface area contributed by atoms with Gasteiger partial charge in [-0.1, -0.05) is 18.2 Å². The van der Waals surface area contributed by atoms with Crippen LogP contribution in [0.4, 0.5) is 0 Å². The normalized spacial score (nSPS) is 31.7. The van der Waals surface area contributed by atoms with Gasteiger partial charge in [-0.15, -0.1) is 0 Å². The van der Waals surface area contributed by atoms with E-state index in [9.17, 15) is 0 Å². The minimum Gasteiger partial charge on any atom is -0.381 e. The molecule has 0 saturated carbocycles. The molecule has 5 heteroatoms. The predicted molar refractivity (Wildman–Crippen MR) is 90.2 cm³/mol. The number of thioether (sulfide) groups is 1. The van der Waals surface area contributed by atoms with Crippen LogP contribution in [0, 0.1) is 0 Å². The third-order valence-electron chi connectivity index (χ3n) is 5.11. The van der Waals surface area contributed by atoms with Crippen molar-refractivity contribution in [1.29, 1.82) is 0 Å². The SMILES string of the molecule is CC1CCCCN1CCCN=C1NC2(CCOCC2)CS1. The van der Waals surface area contributed by atoms with Crippen LogP contribution in [0.3, 0.4) is 0 Å². The zero-order valence-corrected chi connectivity index (χ0v) is 14.1. The summed E-state index contributed by atoms with van der Waals surface area (Å²) in [6.45, 7) is 7.62. The molecule has 1 spiro atoms. The van der Waals surface area contributed by atoms with Gasteiger partial charge in [0.25, 0.3) is 0 Å². The Morgan fingerprint density at radius 1 is 1.38 bits per heavy atom. The van der Waals surface area contributed by atoms with Crippen molar-refractivity contribution in [3.05, 3.63) is 0 Å². The number of piperidine rings is 1. The van der Waals surface area contributed by atoms with Crippen LogP contribution in [-0.4, -0.2) is 60.2 Å². The van der Waals surface area contributed by atoms with Crippen LogP contribution in [0.5, 0.6) is 0 Å². The number of rotatable bonds is 4. The highest BCUT2D eigenvalue weighted by Crippen LogP contribution is 2.31. The molecular weight excluding hydrogens is 282 g/mol. The molecule has 0 aromatic rings. The molecule has 120 valence electrons. The van der Waals surface area contributed by atoms with Gasteiger partial charge >= 0.3 is 0 Å². The van der Waals surface area contributed by atoms with E-state index in [2.05, 4.69) is 17.1 Å². The number of nitrogens with one attached hydrogen (secondary N) is 1. The first-order valence-electron chi connectivity index (χ1n) is 8.55. The Morgan fingerprint density at radius 2 is 2.24 bits per heavy atom. The van der Waals surface area contributed by atoms with Crippen molar-refractivity contribution in [1.82, 2.24) is 10.2 Å². The second-order valence-electron chi connectivity index (χ2n) is 6.73. The summed E-state index contributed by atoms with van der Waals surface area (Å²) in [5.41, 5.74) is 0.281. The third-order valence-corrected chi connectivity index (χ3v) is 6.31. The van der Waals surface area contributed by atoms with E-state index >= 15 is 0 Å². The molecule has 3 aliphatic rings. The zero-order valence-electron chi connectivity index (χ0n) is 13.3. The number of nitrogens with zero attached hydrogens (tertiary/aromatic N) is 2. The van der Waals surface area contributed by atoms with Gasteiger partial charge in [0.1, 0.15) is 0 Å². The van der Waals surface area contributed by atoms with Crippen molar-refractivity contribution in [2.45, 2.75) is 57.0 Å². The lowest BCUT2D eigenvalue weighted by atomic mass is 9.93. The Morgan fingerprint density at radius 3 is 3.05 bits per heavy atom. The van der Waals surface area contributed by atoms with E-state index in [1.165, 1.54) is 49.7 Å². The minimum atomic E-state index is 0.281. The fourth-order valence-corrected chi connectivity index (χ4v) is 4.81. The number of ether oxygens (including phenoxy) is 1. The van der Waals surface area contributed by atoms with Crippen molar-refractivity contribution in [3.63, 3.8) is 0 Å². The van der Waals surface area contributed by atoms with E-state index in [0.717, 1.165) is 38.6 Å². The van der Waals surface area contributed by atoms with Gasteiger partial charge in [-0.2, -0.15) is 0 Å². The first-order chi connectivity index (χ1) is 10.3. The summed E-state index contributed by atoms with van der Waals surface area (Å²) >= 11 is 1.90. The van der Waals surface area contributed by atoms with Gasteiger partial charge in [0.2, 0.25) is 0 Å². The number of hydrogen-bond acceptors (Lipinski definition) is 4. The maximum Gasteiger partial charge on any atom is 0.157 e. The second kappa shape index (κ2) is 7.34. The lowest BCUT2D eigenvalue weighted by Crippen LogP contribution is -2.48. The molecule has 0 aliphatic carbocycles. The Labute approximate surface area is 133 Å². The van der Waals surface area contributed by atoms with Crippen LogP contribution in [0.1, 0.15) is 45.4 Å². The van der Waals surface area contributed by atoms with E-state index in [0.29, 0.717) is 0 Å². The molecule has 3 fully saturated rings. The van der Waals surface area contributed by atoms with E-state index in [1.54, 1.807) is 0 Å². The molecule has 1 N–H and O–H groups in total. The molecule has 3 heterocycles. The summed E-state index contributed by atoms with van der Waals surface area (Å²) in [4.78, 5) is 7.42. The van der Waals surface area contributed by atoms with E-state index in [4.69, 9.17) is 9.73 Å². The summed E-state index contributed by atoms with van der Waals surface area (Å²) in [5.74, 6) is 1.17. The summed E-state index contributed by atoms with van der Waals surface area (Å²) < 4.78 is 5.47. The molecule has 3 aliphatic heterocycles. The van der Waals surface area contributed by atoms with Gasteiger partial charge in [-0.25, -0.2) is 0 Å². The van der Waals surface area contributed by atoms with Crippen LogP contribution in [0.15, 0.2) is 4.99 Å². The van der Waals surface area contributed by atoms with Crippen molar-refractivity contribution >= 4 is 16.9 Å². The fraction of sp³-hybridized carbons (Fsp3) is 0.938. The number of hydrogen-bond donors (Lipinski definition) is 1. The second-order valence-corrected chi connectivity index (χ2v) is 7.69. The van der Waals surface area contributed by atoms with Gasteiger partial charge in [0.05, 0.1) is 5.54 Å². The Kier molecular flexibility index (Phi) is 5.46. The molecule has 0 amide bonds. The molecule has 0 bridgehead atoms. The maximum atomic E-state index is 5.47. The van der Waals surface area contributed by atoms with Crippen LogP contribution in [-0.2, 0) is 4.74 Å². The summed E-state index contributed by atoms with van der Waals surface area (Å²) in [6, 6.07) is 0.774. The van der Waals surface area contributed by atoms with Gasteiger partial charge in [0, 0.05) is 38.1 Å². The van der Waals surface area contributed by atoms with E-state index < -0.39 is 0 Å².